The third-order valence-corrected chi connectivity index (χ3v) is 6.24. The minimum atomic E-state index is -0.662. The highest BCUT2D eigenvalue weighted by atomic mass is 19.1. The summed E-state index contributed by atoms with van der Waals surface area (Å²) in [6, 6.07) is 11.2. The van der Waals surface area contributed by atoms with Crippen LogP contribution in [0.5, 0.6) is 5.75 Å². The zero-order valence-corrected chi connectivity index (χ0v) is 18.4. The molecular formula is C24H27F2N5O2. The first kappa shape index (κ1) is 21.7. The highest BCUT2D eigenvalue weighted by Gasteiger charge is 2.48. The quantitative estimate of drug-likeness (QED) is 0.618. The molecule has 33 heavy (non-hydrogen) atoms. The number of carbonyl (C=O) groups is 1. The standard InChI is InChI=1S/C24H27F2N5O2/c1-2-3-10-33-20-6-4-17(5-7-20)21-14-22-23-28-31(15-16-11-18(25)13-19(26)12-16)24(32)29(23)8-9-30(22)27-21/h4-9,11-13,21-23,27-28H,2-3,10,14-15H2,1H3. The molecular weight excluding hydrogens is 428 g/mol. The zero-order chi connectivity index (χ0) is 22.9. The summed E-state index contributed by atoms with van der Waals surface area (Å²) in [6.45, 7) is 2.92. The monoisotopic (exact) mass is 455 g/mol. The van der Waals surface area contributed by atoms with E-state index in [1.807, 2.05) is 23.3 Å². The fraction of sp³-hybridized carbons (Fsp3) is 0.375. The molecule has 0 aromatic heterocycles. The minimum Gasteiger partial charge on any atom is -0.494 e. The van der Waals surface area contributed by atoms with Crippen molar-refractivity contribution in [2.45, 2.75) is 51.0 Å². The van der Waals surface area contributed by atoms with E-state index in [1.54, 1.807) is 11.1 Å². The molecule has 2 saturated heterocycles. The molecule has 0 aliphatic carbocycles. The fourth-order valence-corrected chi connectivity index (χ4v) is 4.56. The van der Waals surface area contributed by atoms with Gasteiger partial charge in [0, 0.05) is 18.5 Å². The molecule has 5 rings (SSSR count). The van der Waals surface area contributed by atoms with Gasteiger partial charge in [-0.3, -0.25) is 9.91 Å². The lowest BCUT2D eigenvalue weighted by Gasteiger charge is -2.34. The molecule has 0 saturated carbocycles. The molecule has 0 bridgehead atoms. The van der Waals surface area contributed by atoms with E-state index in [-0.39, 0.29) is 30.8 Å². The third kappa shape index (κ3) is 4.38. The third-order valence-electron chi connectivity index (χ3n) is 6.24. The Hall–Kier alpha value is -3.17. The number of amides is 2. The number of hydrazine groups is 2. The summed E-state index contributed by atoms with van der Waals surface area (Å²) in [4.78, 5) is 14.5. The zero-order valence-electron chi connectivity index (χ0n) is 18.4. The second-order valence-electron chi connectivity index (χ2n) is 8.59. The smallest absolute Gasteiger partial charge is 0.340 e. The Morgan fingerprint density at radius 3 is 2.55 bits per heavy atom. The number of hydrogen-bond acceptors (Lipinski definition) is 5. The van der Waals surface area contributed by atoms with Crippen LogP contribution in [0.2, 0.25) is 0 Å². The van der Waals surface area contributed by atoms with E-state index in [2.05, 4.69) is 29.9 Å². The molecule has 3 aliphatic heterocycles. The van der Waals surface area contributed by atoms with Crippen molar-refractivity contribution in [3.8, 4) is 5.75 Å². The van der Waals surface area contributed by atoms with Crippen LogP contribution >= 0.6 is 0 Å². The van der Waals surface area contributed by atoms with Crippen molar-refractivity contribution in [3.05, 3.63) is 77.6 Å². The van der Waals surface area contributed by atoms with Gasteiger partial charge in [-0.2, -0.15) is 0 Å². The van der Waals surface area contributed by atoms with Crippen molar-refractivity contribution >= 4 is 6.03 Å². The molecule has 3 atom stereocenters. The Kier molecular flexibility index (Phi) is 5.90. The summed E-state index contributed by atoms with van der Waals surface area (Å²) in [5.74, 6) is -0.461. The number of fused-ring (bicyclic) bond motifs is 3. The Morgan fingerprint density at radius 1 is 1.06 bits per heavy atom. The molecule has 2 aromatic carbocycles. The molecule has 0 spiro atoms. The summed E-state index contributed by atoms with van der Waals surface area (Å²) in [6.07, 6.45) is 6.21. The van der Waals surface area contributed by atoms with Crippen LogP contribution in [0.3, 0.4) is 0 Å². The molecule has 3 heterocycles. The van der Waals surface area contributed by atoms with Crippen molar-refractivity contribution in [2.24, 2.45) is 0 Å². The molecule has 3 aliphatic rings. The van der Waals surface area contributed by atoms with Crippen LogP contribution in [0.1, 0.15) is 43.4 Å². The van der Waals surface area contributed by atoms with E-state index >= 15 is 0 Å². The van der Waals surface area contributed by atoms with Crippen molar-refractivity contribution in [3.63, 3.8) is 0 Å². The molecule has 3 unspecified atom stereocenters. The first-order chi connectivity index (χ1) is 16.0. The minimum absolute atomic E-state index is 0.00123. The predicted molar refractivity (Wildman–Crippen MR) is 118 cm³/mol. The summed E-state index contributed by atoms with van der Waals surface area (Å²) in [7, 11) is 0. The van der Waals surface area contributed by atoms with Gasteiger partial charge in [0.05, 0.1) is 25.2 Å². The number of nitrogens with zero attached hydrogens (tertiary/aromatic N) is 3. The molecule has 0 radical (unpaired) electrons. The summed E-state index contributed by atoms with van der Waals surface area (Å²) in [5, 5.41) is 3.42. The van der Waals surface area contributed by atoms with Gasteiger partial charge in [0.25, 0.3) is 0 Å². The van der Waals surface area contributed by atoms with Gasteiger partial charge in [-0.25, -0.2) is 24.4 Å². The number of nitrogens with one attached hydrogen (secondary N) is 2. The number of rotatable bonds is 7. The van der Waals surface area contributed by atoms with E-state index in [4.69, 9.17) is 4.74 Å². The van der Waals surface area contributed by atoms with Crippen LogP contribution in [-0.4, -0.2) is 39.8 Å². The fourth-order valence-electron chi connectivity index (χ4n) is 4.56. The largest absolute Gasteiger partial charge is 0.494 e. The first-order valence-corrected chi connectivity index (χ1v) is 11.3. The van der Waals surface area contributed by atoms with E-state index in [0.717, 1.165) is 36.6 Å². The lowest BCUT2D eigenvalue weighted by molar-refractivity contribution is 0.132. The SMILES string of the molecule is CCCCOc1ccc(C2CC3C4NN(Cc5cc(F)cc(F)c5)C(=O)N4C=CN3N2)cc1. The van der Waals surface area contributed by atoms with Crippen LogP contribution in [0.4, 0.5) is 13.6 Å². The van der Waals surface area contributed by atoms with Gasteiger partial charge < -0.3 is 9.75 Å². The molecule has 2 amide bonds. The van der Waals surface area contributed by atoms with E-state index in [9.17, 15) is 13.6 Å². The number of halogens is 2. The van der Waals surface area contributed by atoms with Crippen LogP contribution in [0, 0.1) is 11.6 Å². The number of benzene rings is 2. The van der Waals surface area contributed by atoms with Crippen molar-refractivity contribution in [1.82, 2.24) is 25.8 Å². The maximum absolute atomic E-state index is 13.6. The molecule has 2 aromatic rings. The van der Waals surface area contributed by atoms with Crippen LogP contribution in [0.15, 0.2) is 54.9 Å². The maximum Gasteiger partial charge on any atom is 0.340 e. The average Bonchev–Trinajstić information content (AvgIpc) is 3.35. The maximum atomic E-state index is 13.6. The molecule has 9 heteroatoms. The lowest BCUT2D eigenvalue weighted by Crippen LogP contribution is -2.53. The normalized spacial score (nSPS) is 23.8. The Morgan fingerprint density at radius 2 is 1.82 bits per heavy atom. The highest BCUT2D eigenvalue weighted by Crippen LogP contribution is 2.35. The summed E-state index contributed by atoms with van der Waals surface area (Å²) >= 11 is 0. The highest BCUT2D eigenvalue weighted by molar-refractivity contribution is 5.77. The predicted octanol–water partition coefficient (Wildman–Crippen LogP) is 4.02. The second kappa shape index (κ2) is 8.99. The average molecular weight is 456 g/mol. The van der Waals surface area contributed by atoms with E-state index in [1.165, 1.54) is 17.1 Å². The van der Waals surface area contributed by atoms with Gasteiger partial charge in [-0.1, -0.05) is 25.5 Å². The molecule has 2 N–H and O–H groups in total. The van der Waals surface area contributed by atoms with Gasteiger partial charge in [-0.05, 0) is 48.2 Å². The van der Waals surface area contributed by atoms with Crippen molar-refractivity contribution in [2.75, 3.05) is 6.61 Å². The van der Waals surface area contributed by atoms with Gasteiger partial charge in [0.2, 0.25) is 0 Å². The number of unbranched alkanes of at least 4 members (excludes halogenated alkanes) is 1. The number of carbonyl (C=O) groups excluding carboxylic acids is 1. The van der Waals surface area contributed by atoms with Crippen LogP contribution in [-0.2, 0) is 6.54 Å². The van der Waals surface area contributed by atoms with E-state index in [0.29, 0.717) is 12.2 Å². The Labute approximate surface area is 191 Å². The van der Waals surface area contributed by atoms with Crippen molar-refractivity contribution in [1.29, 1.82) is 0 Å². The van der Waals surface area contributed by atoms with E-state index < -0.39 is 11.6 Å². The van der Waals surface area contributed by atoms with Gasteiger partial charge in [-0.15, -0.1) is 0 Å². The lowest BCUT2D eigenvalue weighted by atomic mass is 10.00. The summed E-state index contributed by atoms with van der Waals surface area (Å²) in [5.41, 5.74) is 8.25. The van der Waals surface area contributed by atoms with Crippen LogP contribution < -0.4 is 15.6 Å². The summed E-state index contributed by atoms with van der Waals surface area (Å²) < 4.78 is 32.9. The van der Waals surface area contributed by atoms with Gasteiger partial charge in [0.15, 0.2) is 0 Å². The Bertz CT molecular complexity index is 1030. The number of urea groups is 1. The molecule has 2 fully saturated rings. The first-order valence-electron chi connectivity index (χ1n) is 11.3. The van der Waals surface area contributed by atoms with Crippen molar-refractivity contribution < 1.29 is 18.3 Å². The second-order valence-corrected chi connectivity index (χ2v) is 8.59. The van der Waals surface area contributed by atoms with Gasteiger partial charge >= 0.3 is 6.03 Å². The van der Waals surface area contributed by atoms with Gasteiger partial charge in [0.1, 0.15) is 23.5 Å². The van der Waals surface area contributed by atoms with Crippen LogP contribution in [0.25, 0.3) is 0 Å². The number of hydrogen-bond donors (Lipinski definition) is 2. The number of ether oxygens (including phenoxy) is 1. The topological polar surface area (TPSA) is 60.1 Å². The molecule has 7 nitrogen and oxygen atoms in total. The molecule has 174 valence electrons. The Balaban J connectivity index is 1.25.